The fourth-order valence-electron chi connectivity index (χ4n) is 3.17. The average molecular weight is 402 g/mol. The molecule has 2 aromatic carbocycles. The highest BCUT2D eigenvalue weighted by atomic mass is 32.2. The maximum Gasteiger partial charge on any atom is 0.325 e. The number of amides is 1. The molecule has 1 aliphatic rings. The van der Waals surface area contributed by atoms with E-state index in [-0.39, 0.29) is 25.3 Å². The Morgan fingerprint density at radius 1 is 1.11 bits per heavy atom. The van der Waals surface area contributed by atoms with Crippen LogP contribution in [0, 0.1) is 0 Å². The molecule has 1 amide bonds. The van der Waals surface area contributed by atoms with Gasteiger partial charge in [-0.15, -0.1) is 0 Å². The van der Waals surface area contributed by atoms with E-state index >= 15 is 0 Å². The van der Waals surface area contributed by atoms with Crippen LogP contribution < -0.4 is 5.73 Å². The van der Waals surface area contributed by atoms with Gasteiger partial charge >= 0.3 is 5.97 Å². The van der Waals surface area contributed by atoms with Crippen molar-refractivity contribution in [3.63, 3.8) is 0 Å². The number of carbonyl (C=O) groups excluding carboxylic acids is 2. The summed E-state index contributed by atoms with van der Waals surface area (Å²) in [7, 11) is -3.58. The minimum atomic E-state index is -3.58. The summed E-state index contributed by atoms with van der Waals surface area (Å²) in [6, 6.07) is 13.0. The predicted molar refractivity (Wildman–Crippen MR) is 104 cm³/mol. The number of ether oxygens (including phenoxy) is 1. The summed E-state index contributed by atoms with van der Waals surface area (Å²) in [6.45, 7) is 1.69. The molecule has 1 heterocycles. The van der Waals surface area contributed by atoms with Crippen LogP contribution in [-0.4, -0.2) is 36.4 Å². The first-order valence-electron chi connectivity index (χ1n) is 8.93. The molecule has 2 N–H and O–H groups in total. The van der Waals surface area contributed by atoms with E-state index < -0.39 is 27.9 Å². The Labute approximate surface area is 164 Å². The summed E-state index contributed by atoms with van der Waals surface area (Å²) in [5, 5.41) is 0. The number of hydrogen-bond donors (Lipinski definition) is 1. The summed E-state index contributed by atoms with van der Waals surface area (Å²) in [6.07, 6.45) is 0.273. The minimum Gasteiger partial charge on any atom is -0.460 e. The summed E-state index contributed by atoms with van der Waals surface area (Å²) in [5.74, 6) is -1.22. The molecule has 1 aliphatic heterocycles. The van der Waals surface area contributed by atoms with Crippen LogP contribution in [0.15, 0.2) is 48.5 Å². The third-order valence-electron chi connectivity index (χ3n) is 4.82. The molecule has 0 saturated heterocycles. The highest BCUT2D eigenvalue weighted by Gasteiger charge is 2.38. The SMILES string of the molecule is CCS(=O)(=O)N1Cc2ccccc2C[C@H]1C(=O)OCc1ccc(C(N)=O)cc1. The quantitative estimate of drug-likeness (QED) is 0.739. The summed E-state index contributed by atoms with van der Waals surface area (Å²) in [5.41, 5.74) is 8.08. The molecule has 148 valence electrons. The average Bonchev–Trinajstić information content (AvgIpc) is 2.71. The van der Waals surface area contributed by atoms with Gasteiger partial charge in [0.1, 0.15) is 12.6 Å². The van der Waals surface area contributed by atoms with E-state index in [1.807, 2.05) is 24.3 Å². The Hall–Kier alpha value is -2.71. The van der Waals surface area contributed by atoms with Gasteiger partial charge in [0.15, 0.2) is 0 Å². The number of rotatable bonds is 6. The third-order valence-corrected chi connectivity index (χ3v) is 6.65. The fourth-order valence-corrected chi connectivity index (χ4v) is 4.39. The Morgan fingerprint density at radius 2 is 1.75 bits per heavy atom. The molecular formula is C20H22N2O5S. The molecule has 0 spiro atoms. The van der Waals surface area contributed by atoms with Gasteiger partial charge in [-0.1, -0.05) is 36.4 Å². The molecule has 0 aliphatic carbocycles. The zero-order valence-electron chi connectivity index (χ0n) is 15.5. The van der Waals surface area contributed by atoms with Crippen LogP contribution in [0.1, 0.15) is 34.0 Å². The van der Waals surface area contributed by atoms with Gasteiger partial charge in [0.05, 0.1) is 5.75 Å². The number of primary amides is 1. The lowest BCUT2D eigenvalue weighted by atomic mass is 9.96. The van der Waals surface area contributed by atoms with Crippen molar-refractivity contribution in [2.45, 2.75) is 32.5 Å². The summed E-state index contributed by atoms with van der Waals surface area (Å²) >= 11 is 0. The summed E-state index contributed by atoms with van der Waals surface area (Å²) < 4.78 is 31.7. The van der Waals surface area contributed by atoms with Crippen molar-refractivity contribution >= 4 is 21.9 Å². The number of esters is 1. The van der Waals surface area contributed by atoms with E-state index in [9.17, 15) is 18.0 Å². The molecule has 1 atom stereocenters. The summed E-state index contributed by atoms with van der Waals surface area (Å²) in [4.78, 5) is 23.8. The first-order chi connectivity index (χ1) is 13.3. The Morgan fingerprint density at radius 3 is 2.36 bits per heavy atom. The maximum atomic E-state index is 12.7. The van der Waals surface area contributed by atoms with Crippen molar-refractivity contribution in [2.75, 3.05) is 5.75 Å². The van der Waals surface area contributed by atoms with Crippen LogP contribution in [0.5, 0.6) is 0 Å². The van der Waals surface area contributed by atoms with E-state index in [1.54, 1.807) is 31.2 Å². The molecular weight excluding hydrogens is 380 g/mol. The highest BCUT2D eigenvalue weighted by Crippen LogP contribution is 2.27. The van der Waals surface area contributed by atoms with Crippen LogP contribution in [-0.2, 0) is 39.1 Å². The second kappa shape index (κ2) is 8.12. The molecule has 8 heteroatoms. The zero-order valence-corrected chi connectivity index (χ0v) is 16.3. The number of carbonyl (C=O) groups is 2. The molecule has 2 aromatic rings. The first-order valence-corrected chi connectivity index (χ1v) is 10.5. The van der Waals surface area contributed by atoms with Crippen molar-refractivity contribution in [2.24, 2.45) is 5.73 Å². The number of hydrogen-bond acceptors (Lipinski definition) is 5. The third kappa shape index (κ3) is 4.23. The Kier molecular flexibility index (Phi) is 5.81. The standard InChI is InChI=1S/C20H22N2O5S/c1-2-28(25,26)22-12-17-6-4-3-5-16(17)11-18(22)20(24)27-13-14-7-9-15(10-8-14)19(21)23/h3-10,18H,2,11-13H2,1H3,(H2,21,23)/t18-/m0/s1. The van der Waals surface area contributed by atoms with E-state index in [0.717, 1.165) is 11.1 Å². The maximum absolute atomic E-state index is 12.7. The van der Waals surface area contributed by atoms with Gasteiger partial charge in [0.2, 0.25) is 15.9 Å². The molecule has 0 bridgehead atoms. The van der Waals surface area contributed by atoms with Crippen LogP contribution in [0.25, 0.3) is 0 Å². The molecule has 0 fully saturated rings. The van der Waals surface area contributed by atoms with Crippen LogP contribution in [0.3, 0.4) is 0 Å². The number of benzene rings is 2. The monoisotopic (exact) mass is 402 g/mol. The predicted octanol–water partition coefficient (Wildman–Crippen LogP) is 1.61. The second-order valence-corrected chi connectivity index (χ2v) is 8.81. The van der Waals surface area contributed by atoms with Crippen molar-refractivity contribution in [3.8, 4) is 0 Å². The largest absolute Gasteiger partial charge is 0.460 e. The molecule has 0 saturated carbocycles. The molecule has 0 unspecified atom stereocenters. The first kappa shape index (κ1) is 20.0. The second-order valence-electron chi connectivity index (χ2n) is 6.60. The van der Waals surface area contributed by atoms with Gasteiger partial charge in [-0.25, -0.2) is 8.42 Å². The van der Waals surface area contributed by atoms with Gasteiger partial charge in [-0.2, -0.15) is 4.31 Å². The topological polar surface area (TPSA) is 107 Å². The number of sulfonamides is 1. The lowest BCUT2D eigenvalue weighted by Gasteiger charge is -2.34. The minimum absolute atomic E-state index is 0.0178. The zero-order chi connectivity index (χ0) is 20.3. The van der Waals surface area contributed by atoms with Crippen molar-refractivity contribution < 1.29 is 22.7 Å². The van der Waals surface area contributed by atoms with Crippen LogP contribution in [0.4, 0.5) is 0 Å². The van der Waals surface area contributed by atoms with Gasteiger partial charge < -0.3 is 10.5 Å². The Balaban J connectivity index is 1.77. The molecule has 0 aromatic heterocycles. The van der Waals surface area contributed by atoms with E-state index in [2.05, 4.69) is 0 Å². The van der Waals surface area contributed by atoms with Gasteiger partial charge in [-0.3, -0.25) is 9.59 Å². The molecule has 0 radical (unpaired) electrons. The lowest BCUT2D eigenvalue weighted by molar-refractivity contribution is -0.150. The van der Waals surface area contributed by atoms with Gasteiger partial charge in [0, 0.05) is 18.5 Å². The van der Waals surface area contributed by atoms with Crippen LogP contribution in [0.2, 0.25) is 0 Å². The van der Waals surface area contributed by atoms with Crippen molar-refractivity contribution in [3.05, 3.63) is 70.8 Å². The van der Waals surface area contributed by atoms with Gasteiger partial charge in [-0.05, 0) is 35.7 Å². The van der Waals surface area contributed by atoms with Crippen LogP contribution >= 0.6 is 0 Å². The fraction of sp³-hybridized carbons (Fsp3) is 0.300. The molecule has 3 rings (SSSR count). The molecule has 28 heavy (non-hydrogen) atoms. The Bertz CT molecular complexity index is 986. The molecule has 7 nitrogen and oxygen atoms in total. The number of fused-ring (bicyclic) bond motifs is 1. The number of nitrogens with zero attached hydrogens (tertiary/aromatic N) is 1. The smallest absolute Gasteiger partial charge is 0.325 e. The normalized spacial score (nSPS) is 17.0. The van der Waals surface area contributed by atoms with E-state index in [4.69, 9.17) is 10.5 Å². The van der Waals surface area contributed by atoms with E-state index in [1.165, 1.54) is 4.31 Å². The lowest BCUT2D eigenvalue weighted by Crippen LogP contribution is -2.49. The highest BCUT2D eigenvalue weighted by molar-refractivity contribution is 7.89. The van der Waals surface area contributed by atoms with Gasteiger partial charge in [0.25, 0.3) is 0 Å². The number of nitrogens with two attached hydrogens (primary N) is 1. The van der Waals surface area contributed by atoms with E-state index in [0.29, 0.717) is 11.1 Å². The van der Waals surface area contributed by atoms with Crippen molar-refractivity contribution in [1.82, 2.24) is 4.31 Å². The van der Waals surface area contributed by atoms with Crippen molar-refractivity contribution in [1.29, 1.82) is 0 Å².